The Morgan fingerprint density at radius 2 is 1.83 bits per heavy atom. The number of ether oxygens (including phenoxy) is 1. The molecule has 1 atom stereocenters. The highest BCUT2D eigenvalue weighted by molar-refractivity contribution is 7.92. The van der Waals surface area contributed by atoms with Gasteiger partial charge in [-0.2, -0.15) is 0 Å². The van der Waals surface area contributed by atoms with E-state index >= 15 is 0 Å². The molecule has 0 fully saturated rings. The van der Waals surface area contributed by atoms with E-state index < -0.39 is 27.9 Å². The molecule has 0 aliphatic carbocycles. The topological polar surface area (TPSA) is 92.8 Å². The second kappa shape index (κ2) is 9.68. The van der Waals surface area contributed by atoms with Crippen molar-refractivity contribution in [3.63, 3.8) is 0 Å². The fraction of sp³-hybridized carbons (Fsp3) is 0.300. The first-order chi connectivity index (χ1) is 14.0. The first kappa shape index (κ1) is 24.0. The highest BCUT2D eigenvalue weighted by atomic mass is 35.5. The number of carbonyl (C=O) groups is 2. The zero-order valence-corrected chi connectivity index (χ0v) is 19.2. The molecule has 0 spiro atoms. The maximum atomic E-state index is 12.9. The van der Waals surface area contributed by atoms with Crippen LogP contribution < -0.4 is 9.62 Å². The Hall–Kier alpha value is -2.29. The molecule has 2 aromatic carbocycles. The van der Waals surface area contributed by atoms with E-state index in [0.29, 0.717) is 11.3 Å². The third-order valence-corrected chi connectivity index (χ3v) is 6.02. The largest absolute Gasteiger partial charge is 0.462 e. The molecule has 10 heteroatoms. The average molecular weight is 473 g/mol. The zero-order valence-electron chi connectivity index (χ0n) is 16.9. The van der Waals surface area contributed by atoms with Crippen LogP contribution in [0, 0.1) is 6.92 Å². The fourth-order valence-electron chi connectivity index (χ4n) is 2.77. The first-order valence-corrected chi connectivity index (χ1v) is 11.6. The normalized spacial score (nSPS) is 12.2. The van der Waals surface area contributed by atoms with Crippen LogP contribution in [0.3, 0.4) is 0 Å². The summed E-state index contributed by atoms with van der Waals surface area (Å²) in [6.07, 6.45) is 0.973. The number of halogens is 2. The van der Waals surface area contributed by atoms with Gasteiger partial charge in [0.1, 0.15) is 6.04 Å². The number of carbonyl (C=O) groups excluding carboxylic acids is 2. The van der Waals surface area contributed by atoms with Crippen LogP contribution in [0.1, 0.15) is 29.8 Å². The van der Waals surface area contributed by atoms with Crippen LogP contribution in [-0.4, -0.2) is 39.2 Å². The Morgan fingerprint density at radius 3 is 2.43 bits per heavy atom. The molecule has 2 aromatic rings. The van der Waals surface area contributed by atoms with Crippen molar-refractivity contribution in [2.24, 2.45) is 0 Å². The number of amides is 1. The minimum absolute atomic E-state index is 0.0892. The summed E-state index contributed by atoms with van der Waals surface area (Å²) in [5.74, 6) is -1.13. The highest BCUT2D eigenvalue weighted by Crippen LogP contribution is 2.32. The van der Waals surface area contributed by atoms with E-state index in [1.807, 2.05) is 0 Å². The third kappa shape index (κ3) is 5.65. The van der Waals surface area contributed by atoms with Gasteiger partial charge in [-0.25, -0.2) is 13.2 Å². The van der Waals surface area contributed by atoms with Crippen LogP contribution in [0.5, 0.6) is 0 Å². The van der Waals surface area contributed by atoms with Crippen LogP contribution in [0.25, 0.3) is 0 Å². The number of nitrogens with zero attached hydrogens (tertiary/aromatic N) is 1. The molecule has 162 valence electrons. The van der Waals surface area contributed by atoms with Gasteiger partial charge in [-0.1, -0.05) is 29.3 Å². The van der Waals surface area contributed by atoms with Gasteiger partial charge in [-0.3, -0.25) is 9.10 Å². The summed E-state index contributed by atoms with van der Waals surface area (Å²) in [6, 6.07) is 7.92. The maximum absolute atomic E-state index is 12.9. The Bertz CT molecular complexity index is 1070. The summed E-state index contributed by atoms with van der Waals surface area (Å²) in [5, 5.41) is 3.08. The van der Waals surface area contributed by atoms with Crippen molar-refractivity contribution in [3.8, 4) is 0 Å². The second-order valence-electron chi connectivity index (χ2n) is 6.57. The molecular formula is C20H22Cl2N2O5S. The number of hydrogen-bond donors (Lipinski definition) is 1. The van der Waals surface area contributed by atoms with Crippen molar-refractivity contribution in [1.29, 1.82) is 0 Å². The van der Waals surface area contributed by atoms with Crippen LogP contribution in [-0.2, 0) is 19.6 Å². The summed E-state index contributed by atoms with van der Waals surface area (Å²) in [6.45, 7) is 5.09. The molecule has 1 unspecified atom stereocenters. The molecule has 0 radical (unpaired) electrons. The van der Waals surface area contributed by atoms with E-state index in [1.165, 1.54) is 31.2 Å². The fourth-order valence-corrected chi connectivity index (χ4v) is 4.37. The van der Waals surface area contributed by atoms with Crippen LogP contribution >= 0.6 is 23.2 Å². The van der Waals surface area contributed by atoms with Gasteiger partial charge in [0.2, 0.25) is 15.9 Å². The number of sulfonamides is 1. The quantitative estimate of drug-likeness (QED) is 0.607. The molecule has 0 saturated carbocycles. The molecule has 0 saturated heterocycles. The minimum Gasteiger partial charge on any atom is -0.462 e. The maximum Gasteiger partial charge on any atom is 0.338 e. The number of esters is 1. The molecule has 0 bridgehead atoms. The number of anilines is 2. The van der Waals surface area contributed by atoms with Crippen LogP contribution in [0.4, 0.5) is 11.4 Å². The van der Waals surface area contributed by atoms with Gasteiger partial charge >= 0.3 is 5.97 Å². The SMILES string of the molecule is CCOC(=O)c1ccc(C)c(NC(=O)C(C)N(c2cc(Cl)ccc2Cl)S(C)(=O)=O)c1. The van der Waals surface area contributed by atoms with Crippen molar-refractivity contribution in [3.05, 3.63) is 57.6 Å². The third-order valence-electron chi connectivity index (χ3n) is 4.24. The molecule has 0 aromatic heterocycles. The molecule has 30 heavy (non-hydrogen) atoms. The van der Waals surface area contributed by atoms with E-state index in [0.717, 1.165) is 10.6 Å². The van der Waals surface area contributed by atoms with Crippen molar-refractivity contribution >= 4 is 56.5 Å². The second-order valence-corrected chi connectivity index (χ2v) is 9.27. The van der Waals surface area contributed by atoms with E-state index in [-0.39, 0.29) is 27.9 Å². The van der Waals surface area contributed by atoms with Crippen LogP contribution in [0.2, 0.25) is 10.0 Å². The molecule has 0 heterocycles. The first-order valence-electron chi connectivity index (χ1n) is 8.98. The summed E-state index contributed by atoms with van der Waals surface area (Å²) < 4.78 is 30.8. The Balaban J connectivity index is 2.38. The molecule has 0 aliphatic rings. The minimum atomic E-state index is -3.88. The predicted octanol–water partition coefficient (Wildman–Crippen LogP) is 4.27. The van der Waals surface area contributed by atoms with Gasteiger partial charge < -0.3 is 10.1 Å². The van der Waals surface area contributed by atoms with Gasteiger partial charge in [0.25, 0.3) is 0 Å². The van der Waals surface area contributed by atoms with Gasteiger partial charge in [-0.05, 0) is 56.7 Å². The number of hydrogen-bond acceptors (Lipinski definition) is 5. The van der Waals surface area contributed by atoms with E-state index in [4.69, 9.17) is 27.9 Å². The monoisotopic (exact) mass is 472 g/mol. The highest BCUT2D eigenvalue weighted by Gasteiger charge is 2.31. The molecular weight excluding hydrogens is 451 g/mol. The zero-order chi connectivity index (χ0) is 22.6. The predicted molar refractivity (Wildman–Crippen MR) is 119 cm³/mol. The van der Waals surface area contributed by atoms with E-state index in [1.54, 1.807) is 26.0 Å². The van der Waals surface area contributed by atoms with E-state index in [9.17, 15) is 18.0 Å². The Labute approximate surface area is 186 Å². The lowest BCUT2D eigenvalue weighted by Crippen LogP contribution is -2.45. The number of aryl methyl sites for hydroxylation is 1. The van der Waals surface area contributed by atoms with Gasteiger partial charge in [-0.15, -0.1) is 0 Å². The lowest BCUT2D eigenvalue weighted by atomic mass is 10.1. The van der Waals surface area contributed by atoms with Crippen molar-refractivity contribution in [2.45, 2.75) is 26.8 Å². The lowest BCUT2D eigenvalue weighted by molar-refractivity contribution is -0.116. The van der Waals surface area contributed by atoms with Gasteiger partial charge in [0.15, 0.2) is 0 Å². The molecule has 1 amide bonds. The lowest BCUT2D eigenvalue weighted by Gasteiger charge is -2.29. The summed E-state index contributed by atoms with van der Waals surface area (Å²) >= 11 is 12.2. The molecule has 1 N–H and O–H groups in total. The Morgan fingerprint density at radius 1 is 1.17 bits per heavy atom. The number of nitrogens with one attached hydrogen (secondary N) is 1. The Kier molecular flexibility index (Phi) is 7.74. The average Bonchev–Trinajstić information content (AvgIpc) is 2.65. The van der Waals surface area contributed by atoms with Gasteiger partial charge in [0.05, 0.1) is 29.1 Å². The summed E-state index contributed by atoms with van der Waals surface area (Å²) in [5.41, 5.74) is 1.41. The molecule has 0 aliphatic heterocycles. The van der Waals surface area contributed by atoms with Gasteiger partial charge in [0, 0.05) is 10.7 Å². The summed E-state index contributed by atoms with van der Waals surface area (Å²) in [7, 11) is -3.88. The standard InChI is InChI=1S/C20H22Cl2N2O5S/c1-5-29-20(26)14-7-6-12(2)17(10-14)23-19(25)13(3)24(30(4,27)28)18-11-15(21)8-9-16(18)22/h6-11,13H,5H2,1-4H3,(H,23,25). The summed E-state index contributed by atoms with van der Waals surface area (Å²) in [4.78, 5) is 24.9. The number of rotatable bonds is 7. The van der Waals surface area contributed by atoms with Crippen molar-refractivity contribution < 1.29 is 22.7 Å². The number of benzene rings is 2. The molecule has 7 nitrogen and oxygen atoms in total. The van der Waals surface area contributed by atoms with Crippen molar-refractivity contribution in [2.75, 3.05) is 22.5 Å². The van der Waals surface area contributed by atoms with Crippen molar-refractivity contribution in [1.82, 2.24) is 0 Å². The van der Waals surface area contributed by atoms with Crippen LogP contribution in [0.15, 0.2) is 36.4 Å². The smallest absolute Gasteiger partial charge is 0.338 e. The molecule has 2 rings (SSSR count). The van der Waals surface area contributed by atoms with E-state index in [2.05, 4.69) is 5.32 Å².